The van der Waals surface area contributed by atoms with Gasteiger partial charge in [0.2, 0.25) is 10.0 Å². The molecule has 0 radical (unpaired) electrons. The first kappa shape index (κ1) is 15.5. The molecule has 0 aliphatic rings. The number of hydrogen-bond donors (Lipinski definition) is 2. The fourth-order valence-electron chi connectivity index (χ4n) is 1.72. The smallest absolute Gasteiger partial charge is 0.240 e. The molecule has 0 aliphatic heterocycles. The zero-order chi connectivity index (χ0) is 15.3. The molecule has 114 valence electrons. The van der Waals surface area contributed by atoms with Crippen molar-refractivity contribution in [2.45, 2.75) is 11.4 Å². The summed E-state index contributed by atoms with van der Waals surface area (Å²) in [4.78, 5) is 0.185. The van der Waals surface area contributed by atoms with Gasteiger partial charge in [0, 0.05) is 19.8 Å². The van der Waals surface area contributed by atoms with Crippen molar-refractivity contribution in [1.82, 2.24) is 14.5 Å². The number of rotatable bonds is 7. The molecule has 8 heteroatoms. The van der Waals surface area contributed by atoms with E-state index in [0.29, 0.717) is 18.9 Å². The van der Waals surface area contributed by atoms with Gasteiger partial charge in [-0.2, -0.15) is 5.10 Å². The van der Waals surface area contributed by atoms with Crippen LogP contribution in [0.1, 0.15) is 5.69 Å². The zero-order valence-corrected chi connectivity index (χ0v) is 12.5. The molecule has 0 amide bonds. The Hall–Kier alpha value is -1.90. The summed E-state index contributed by atoms with van der Waals surface area (Å²) in [6.45, 7) is 0.988. The van der Waals surface area contributed by atoms with Gasteiger partial charge in [0.1, 0.15) is 12.4 Å². The lowest BCUT2D eigenvalue weighted by Gasteiger charge is -2.08. The lowest BCUT2D eigenvalue weighted by molar-refractivity contribution is 0.328. The number of nitrogens with two attached hydrogens (primary N) is 1. The molecule has 0 bridgehead atoms. The number of aryl methyl sites for hydroxylation is 1. The summed E-state index contributed by atoms with van der Waals surface area (Å²) in [6.07, 6.45) is 1.62. The molecule has 21 heavy (non-hydrogen) atoms. The number of ether oxygens (including phenoxy) is 1. The van der Waals surface area contributed by atoms with Gasteiger partial charge in [0.05, 0.1) is 17.1 Å². The van der Waals surface area contributed by atoms with Crippen LogP contribution in [-0.4, -0.2) is 31.3 Å². The van der Waals surface area contributed by atoms with Crippen molar-refractivity contribution in [3.8, 4) is 5.75 Å². The molecule has 0 spiro atoms. The first-order valence-electron chi connectivity index (χ1n) is 6.42. The second kappa shape index (κ2) is 6.70. The summed E-state index contributed by atoms with van der Waals surface area (Å²) in [6, 6.07) is 7.96. The van der Waals surface area contributed by atoms with Crippen molar-refractivity contribution in [1.29, 1.82) is 0 Å². The molecular formula is C13H18N4O3S. The van der Waals surface area contributed by atoms with Crippen LogP contribution in [0.25, 0.3) is 0 Å². The fraction of sp³-hybridized carbons (Fsp3) is 0.308. The summed E-state index contributed by atoms with van der Waals surface area (Å²) in [5.74, 6) is 0.589. The highest BCUT2D eigenvalue weighted by atomic mass is 32.2. The molecule has 0 atom stereocenters. The molecular weight excluding hydrogens is 292 g/mol. The number of hydrogen-bond acceptors (Lipinski definition) is 5. The van der Waals surface area contributed by atoms with Gasteiger partial charge >= 0.3 is 0 Å². The van der Waals surface area contributed by atoms with E-state index in [-0.39, 0.29) is 11.4 Å². The van der Waals surface area contributed by atoms with Crippen LogP contribution in [0.15, 0.2) is 41.4 Å². The van der Waals surface area contributed by atoms with E-state index in [1.807, 2.05) is 0 Å². The summed E-state index contributed by atoms with van der Waals surface area (Å²) < 4.78 is 33.8. The molecule has 0 saturated heterocycles. The second-order valence-corrected chi connectivity index (χ2v) is 6.15. The van der Waals surface area contributed by atoms with Crippen molar-refractivity contribution in [2.75, 3.05) is 13.2 Å². The van der Waals surface area contributed by atoms with Crippen molar-refractivity contribution in [3.63, 3.8) is 0 Å². The third kappa shape index (κ3) is 4.03. The van der Waals surface area contributed by atoms with Crippen LogP contribution in [0.2, 0.25) is 0 Å². The summed E-state index contributed by atoms with van der Waals surface area (Å²) in [7, 11) is -1.80. The Bertz CT molecular complexity index is 680. The maximum atomic E-state index is 12.2. The van der Waals surface area contributed by atoms with Gasteiger partial charge in [-0.1, -0.05) is 0 Å². The normalized spacial score (nSPS) is 11.5. The predicted octanol–water partition coefficient (Wildman–Crippen LogP) is 0.236. The average Bonchev–Trinajstić information content (AvgIpc) is 2.89. The monoisotopic (exact) mass is 310 g/mol. The Balaban J connectivity index is 2.03. The second-order valence-electron chi connectivity index (χ2n) is 4.38. The standard InChI is InChI=1S/C13H18N4O3S/c1-17-11(6-8-15-17)10-16-21(18,19)13-4-2-12(3-5-13)20-9-7-14/h2-6,8,16H,7,9-10,14H2,1H3. The van der Waals surface area contributed by atoms with Gasteiger partial charge in [0.25, 0.3) is 0 Å². The van der Waals surface area contributed by atoms with Crippen molar-refractivity contribution in [2.24, 2.45) is 12.8 Å². The number of benzene rings is 1. The lowest BCUT2D eigenvalue weighted by atomic mass is 10.3. The van der Waals surface area contributed by atoms with E-state index in [1.165, 1.54) is 12.1 Å². The molecule has 2 aromatic rings. The van der Waals surface area contributed by atoms with Crippen LogP contribution >= 0.6 is 0 Å². The molecule has 7 nitrogen and oxygen atoms in total. The summed E-state index contributed by atoms with van der Waals surface area (Å²) in [5.41, 5.74) is 6.11. The van der Waals surface area contributed by atoms with Crippen LogP contribution < -0.4 is 15.2 Å². The van der Waals surface area contributed by atoms with Crippen molar-refractivity contribution < 1.29 is 13.2 Å². The zero-order valence-electron chi connectivity index (χ0n) is 11.7. The van der Waals surface area contributed by atoms with Crippen LogP contribution in [0.3, 0.4) is 0 Å². The Morgan fingerprint density at radius 2 is 2.00 bits per heavy atom. The Labute approximate surface area is 123 Å². The van der Waals surface area contributed by atoms with E-state index in [1.54, 1.807) is 36.1 Å². The average molecular weight is 310 g/mol. The van der Waals surface area contributed by atoms with Gasteiger partial charge < -0.3 is 10.5 Å². The Morgan fingerprint density at radius 3 is 2.57 bits per heavy atom. The highest BCUT2D eigenvalue weighted by Gasteiger charge is 2.14. The Morgan fingerprint density at radius 1 is 1.29 bits per heavy atom. The minimum Gasteiger partial charge on any atom is -0.492 e. The van der Waals surface area contributed by atoms with E-state index in [0.717, 1.165) is 5.69 Å². The predicted molar refractivity (Wildman–Crippen MR) is 78.2 cm³/mol. The number of sulfonamides is 1. The van der Waals surface area contributed by atoms with Crippen LogP contribution in [0.5, 0.6) is 5.75 Å². The molecule has 1 aromatic carbocycles. The van der Waals surface area contributed by atoms with E-state index >= 15 is 0 Å². The van der Waals surface area contributed by atoms with Gasteiger partial charge in [-0.3, -0.25) is 4.68 Å². The first-order chi connectivity index (χ1) is 10.0. The summed E-state index contributed by atoms with van der Waals surface area (Å²) >= 11 is 0. The quantitative estimate of drug-likeness (QED) is 0.763. The van der Waals surface area contributed by atoms with Gasteiger partial charge in [-0.05, 0) is 30.3 Å². The highest BCUT2D eigenvalue weighted by Crippen LogP contribution is 2.16. The van der Waals surface area contributed by atoms with Gasteiger partial charge in [-0.25, -0.2) is 13.1 Å². The fourth-order valence-corrected chi connectivity index (χ4v) is 2.72. The SMILES string of the molecule is Cn1nccc1CNS(=O)(=O)c1ccc(OCCN)cc1. The largest absolute Gasteiger partial charge is 0.492 e. The van der Waals surface area contributed by atoms with Gasteiger partial charge in [-0.15, -0.1) is 0 Å². The minimum atomic E-state index is -3.56. The van der Waals surface area contributed by atoms with E-state index in [4.69, 9.17) is 10.5 Å². The maximum Gasteiger partial charge on any atom is 0.240 e. The number of nitrogens with one attached hydrogen (secondary N) is 1. The third-order valence-corrected chi connectivity index (χ3v) is 4.30. The molecule has 1 heterocycles. The van der Waals surface area contributed by atoms with E-state index < -0.39 is 10.0 Å². The van der Waals surface area contributed by atoms with Crippen molar-refractivity contribution in [3.05, 3.63) is 42.2 Å². The topological polar surface area (TPSA) is 99.2 Å². The maximum absolute atomic E-state index is 12.2. The molecule has 3 N–H and O–H groups in total. The third-order valence-electron chi connectivity index (χ3n) is 2.89. The minimum absolute atomic E-state index is 0.185. The van der Waals surface area contributed by atoms with Crippen LogP contribution in [0.4, 0.5) is 0 Å². The lowest BCUT2D eigenvalue weighted by Crippen LogP contribution is -2.24. The molecule has 0 unspecified atom stereocenters. The number of aromatic nitrogens is 2. The van der Waals surface area contributed by atoms with Crippen LogP contribution in [0, 0.1) is 0 Å². The van der Waals surface area contributed by atoms with E-state index in [2.05, 4.69) is 9.82 Å². The molecule has 0 aliphatic carbocycles. The van der Waals surface area contributed by atoms with Gasteiger partial charge in [0.15, 0.2) is 0 Å². The van der Waals surface area contributed by atoms with E-state index in [9.17, 15) is 8.42 Å². The molecule has 2 rings (SSSR count). The van der Waals surface area contributed by atoms with Crippen LogP contribution in [-0.2, 0) is 23.6 Å². The Kier molecular flexibility index (Phi) is 4.94. The summed E-state index contributed by atoms with van der Waals surface area (Å²) in [5, 5.41) is 3.99. The highest BCUT2D eigenvalue weighted by molar-refractivity contribution is 7.89. The van der Waals surface area contributed by atoms with Crippen molar-refractivity contribution >= 4 is 10.0 Å². The first-order valence-corrected chi connectivity index (χ1v) is 7.91. The number of nitrogens with zero attached hydrogens (tertiary/aromatic N) is 2. The molecule has 1 aromatic heterocycles. The molecule has 0 fully saturated rings. The molecule has 0 saturated carbocycles.